The molecule has 0 spiro atoms. The van der Waals surface area contributed by atoms with E-state index in [-0.39, 0.29) is 0 Å². The maximum Gasteiger partial charge on any atom is 0.412 e. The molecule has 0 heterocycles. The molecule has 0 aliphatic carbocycles. The van der Waals surface area contributed by atoms with Crippen LogP contribution in [0.2, 0.25) is 0 Å². The molecule has 0 bridgehead atoms. The van der Waals surface area contributed by atoms with Gasteiger partial charge in [0.05, 0.1) is 0 Å². The number of hydrogen-bond donors (Lipinski definition) is 2. The van der Waals surface area contributed by atoms with Gasteiger partial charge >= 0.3 is 12.2 Å². The predicted octanol–water partition coefficient (Wildman–Crippen LogP) is 5.62. The standard InChI is InChI=1S/C24H32N2O4/c1-5-6-15-24(4,25-22(27)28)30-23(29)26(16-20-11-7-18(2)8-12-20)17-21-13-9-19(3)10-14-21/h7-14,25H,5-6,15-17H2,1-4H3,(H,27,28)/t24-/m0/s1. The van der Waals surface area contributed by atoms with E-state index in [2.05, 4.69) is 5.32 Å². The van der Waals surface area contributed by atoms with E-state index in [1.54, 1.807) is 11.8 Å². The number of nitrogens with one attached hydrogen (secondary N) is 1. The van der Waals surface area contributed by atoms with Gasteiger partial charge in [-0.15, -0.1) is 0 Å². The first kappa shape index (κ1) is 23.3. The number of ether oxygens (including phenoxy) is 1. The van der Waals surface area contributed by atoms with E-state index in [0.717, 1.165) is 35.1 Å². The fourth-order valence-electron chi connectivity index (χ4n) is 3.15. The van der Waals surface area contributed by atoms with E-state index < -0.39 is 17.9 Å². The minimum absolute atomic E-state index is 0.365. The first-order valence-electron chi connectivity index (χ1n) is 10.3. The smallest absolute Gasteiger partial charge is 0.412 e. The lowest BCUT2D eigenvalue weighted by Crippen LogP contribution is -2.51. The van der Waals surface area contributed by atoms with Crippen LogP contribution in [0.15, 0.2) is 48.5 Å². The summed E-state index contributed by atoms with van der Waals surface area (Å²) in [4.78, 5) is 26.0. The molecule has 6 heteroatoms. The number of unbranched alkanes of at least 4 members (excludes halogenated alkanes) is 1. The van der Waals surface area contributed by atoms with Crippen molar-refractivity contribution >= 4 is 12.2 Å². The summed E-state index contributed by atoms with van der Waals surface area (Å²) >= 11 is 0. The number of amides is 2. The van der Waals surface area contributed by atoms with Gasteiger partial charge in [0.2, 0.25) is 0 Å². The summed E-state index contributed by atoms with van der Waals surface area (Å²) in [5.74, 6) is 0. The van der Waals surface area contributed by atoms with Crippen molar-refractivity contribution < 1.29 is 19.4 Å². The number of aryl methyl sites for hydroxylation is 2. The molecular weight excluding hydrogens is 380 g/mol. The molecule has 2 rings (SSSR count). The van der Waals surface area contributed by atoms with Gasteiger partial charge in [0.25, 0.3) is 0 Å². The minimum atomic E-state index is -1.28. The number of carbonyl (C=O) groups is 2. The van der Waals surface area contributed by atoms with Crippen molar-refractivity contribution in [3.63, 3.8) is 0 Å². The van der Waals surface area contributed by atoms with Crippen molar-refractivity contribution in [2.24, 2.45) is 0 Å². The van der Waals surface area contributed by atoms with Crippen LogP contribution in [0.5, 0.6) is 0 Å². The average Bonchev–Trinajstić information content (AvgIpc) is 2.68. The van der Waals surface area contributed by atoms with Crippen molar-refractivity contribution in [1.82, 2.24) is 10.2 Å². The second-order valence-corrected chi connectivity index (χ2v) is 7.96. The lowest BCUT2D eigenvalue weighted by Gasteiger charge is -2.32. The SMILES string of the molecule is CCCC[C@@](C)(NC(=O)O)OC(=O)N(Cc1ccc(C)cc1)Cc1ccc(C)cc1. The molecular formula is C24H32N2O4. The van der Waals surface area contributed by atoms with Crippen molar-refractivity contribution in [1.29, 1.82) is 0 Å². The molecule has 6 nitrogen and oxygen atoms in total. The highest BCUT2D eigenvalue weighted by atomic mass is 16.6. The number of nitrogens with zero attached hydrogens (tertiary/aromatic N) is 1. The van der Waals surface area contributed by atoms with Gasteiger partial charge in [-0.3, -0.25) is 10.2 Å². The lowest BCUT2D eigenvalue weighted by molar-refractivity contribution is -0.0255. The summed E-state index contributed by atoms with van der Waals surface area (Å²) in [5, 5.41) is 11.6. The molecule has 0 fully saturated rings. The van der Waals surface area contributed by atoms with Crippen LogP contribution in [0.4, 0.5) is 9.59 Å². The fraction of sp³-hybridized carbons (Fsp3) is 0.417. The Kier molecular flexibility index (Phi) is 8.27. The minimum Gasteiger partial charge on any atom is -0.465 e. The Morgan fingerprint density at radius 1 is 0.967 bits per heavy atom. The van der Waals surface area contributed by atoms with Gasteiger partial charge in [0.1, 0.15) is 0 Å². The first-order valence-corrected chi connectivity index (χ1v) is 10.3. The van der Waals surface area contributed by atoms with Gasteiger partial charge in [0, 0.05) is 19.5 Å². The number of carboxylic acid groups (broad SMARTS) is 1. The average molecular weight is 413 g/mol. The molecule has 2 aromatic carbocycles. The molecule has 1 atom stereocenters. The lowest BCUT2D eigenvalue weighted by atomic mass is 10.1. The highest BCUT2D eigenvalue weighted by Gasteiger charge is 2.32. The zero-order valence-electron chi connectivity index (χ0n) is 18.3. The van der Waals surface area contributed by atoms with Crippen LogP contribution >= 0.6 is 0 Å². The molecule has 0 aromatic heterocycles. The molecule has 0 unspecified atom stereocenters. The summed E-state index contributed by atoms with van der Waals surface area (Å²) in [6, 6.07) is 15.9. The summed E-state index contributed by atoms with van der Waals surface area (Å²) in [6.45, 7) is 8.36. The zero-order chi connectivity index (χ0) is 22.1. The molecule has 30 heavy (non-hydrogen) atoms. The molecule has 2 amide bonds. The van der Waals surface area contributed by atoms with Crippen LogP contribution in [0.3, 0.4) is 0 Å². The third kappa shape index (κ3) is 7.43. The van der Waals surface area contributed by atoms with Crippen LogP contribution in [0, 0.1) is 13.8 Å². The number of hydrogen-bond acceptors (Lipinski definition) is 3. The Bertz CT molecular complexity index is 786. The first-order chi connectivity index (χ1) is 14.2. The topological polar surface area (TPSA) is 78.9 Å². The Labute approximate surface area is 178 Å². The van der Waals surface area contributed by atoms with E-state index in [1.807, 2.05) is 69.3 Å². The zero-order valence-corrected chi connectivity index (χ0v) is 18.3. The van der Waals surface area contributed by atoms with Crippen molar-refractivity contribution in [2.75, 3.05) is 0 Å². The third-order valence-corrected chi connectivity index (χ3v) is 4.94. The van der Waals surface area contributed by atoms with Gasteiger partial charge in [-0.05, 0) is 38.3 Å². The molecule has 0 aliphatic rings. The summed E-state index contributed by atoms with van der Waals surface area (Å²) in [5.41, 5.74) is 2.96. The van der Waals surface area contributed by atoms with Gasteiger partial charge in [-0.25, -0.2) is 9.59 Å². The Morgan fingerprint density at radius 2 is 1.43 bits per heavy atom. The van der Waals surface area contributed by atoms with Crippen molar-refractivity contribution in [3.8, 4) is 0 Å². The number of rotatable bonds is 9. The summed E-state index contributed by atoms with van der Waals surface area (Å²) in [7, 11) is 0. The van der Waals surface area contributed by atoms with Gasteiger partial charge in [-0.1, -0.05) is 73.0 Å². The van der Waals surface area contributed by atoms with Gasteiger partial charge in [0.15, 0.2) is 5.72 Å². The maximum absolute atomic E-state index is 13.1. The molecule has 162 valence electrons. The van der Waals surface area contributed by atoms with Crippen molar-refractivity contribution in [3.05, 3.63) is 70.8 Å². The van der Waals surface area contributed by atoms with Crippen LogP contribution in [0.25, 0.3) is 0 Å². The molecule has 0 radical (unpaired) electrons. The van der Waals surface area contributed by atoms with Crippen LogP contribution in [0.1, 0.15) is 55.4 Å². The highest BCUT2D eigenvalue weighted by molar-refractivity contribution is 5.70. The largest absolute Gasteiger partial charge is 0.465 e. The van der Waals surface area contributed by atoms with Gasteiger partial charge < -0.3 is 9.84 Å². The Hall–Kier alpha value is -3.02. The molecule has 2 N–H and O–H groups in total. The maximum atomic E-state index is 13.1. The summed E-state index contributed by atoms with van der Waals surface area (Å²) in [6.07, 6.45) is 0.239. The second-order valence-electron chi connectivity index (χ2n) is 7.96. The van der Waals surface area contributed by atoms with Crippen molar-refractivity contribution in [2.45, 2.75) is 65.8 Å². The van der Waals surface area contributed by atoms with E-state index in [1.165, 1.54) is 0 Å². The summed E-state index contributed by atoms with van der Waals surface area (Å²) < 4.78 is 5.70. The van der Waals surface area contributed by atoms with E-state index in [9.17, 15) is 14.7 Å². The van der Waals surface area contributed by atoms with E-state index >= 15 is 0 Å². The van der Waals surface area contributed by atoms with Gasteiger partial charge in [-0.2, -0.15) is 0 Å². The third-order valence-electron chi connectivity index (χ3n) is 4.94. The number of carbonyl (C=O) groups excluding carboxylic acids is 1. The van der Waals surface area contributed by atoms with Crippen LogP contribution in [-0.2, 0) is 17.8 Å². The van der Waals surface area contributed by atoms with E-state index in [0.29, 0.717) is 19.5 Å². The molecule has 0 saturated carbocycles. The molecule has 0 aliphatic heterocycles. The molecule has 2 aromatic rings. The Morgan fingerprint density at radius 3 is 1.83 bits per heavy atom. The highest BCUT2D eigenvalue weighted by Crippen LogP contribution is 2.20. The van der Waals surface area contributed by atoms with E-state index in [4.69, 9.17) is 4.74 Å². The normalized spacial score (nSPS) is 12.7. The predicted molar refractivity (Wildman–Crippen MR) is 117 cm³/mol. The Balaban J connectivity index is 2.23. The number of benzene rings is 2. The van der Waals surface area contributed by atoms with Crippen LogP contribution in [-0.4, -0.2) is 27.9 Å². The fourth-order valence-corrected chi connectivity index (χ4v) is 3.15. The monoisotopic (exact) mass is 412 g/mol. The quantitative estimate of drug-likeness (QED) is 0.524. The second kappa shape index (κ2) is 10.7. The molecule has 0 saturated heterocycles. The van der Waals surface area contributed by atoms with Crippen LogP contribution < -0.4 is 5.32 Å².